The Balaban J connectivity index is 2.07. The summed E-state index contributed by atoms with van der Waals surface area (Å²) >= 11 is 0. The number of nitro groups is 1. The third-order valence-corrected chi connectivity index (χ3v) is 2.25. The number of nitro benzene ring substituents is 1. The van der Waals surface area contributed by atoms with Gasteiger partial charge >= 0.3 is 0 Å². The van der Waals surface area contributed by atoms with Gasteiger partial charge in [0.1, 0.15) is 12.4 Å². The zero-order chi connectivity index (χ0) is 13.9. The summed E-state index contributed by atoms with van der Waals surface area (Å²) in [5.41, 5.74) is 0.0477. The molecular weight excluding hydrogens is 252 g/mol. The molecule has 0 fully saturated rings. The molecular formula is C12H18N2O5. The van der Waals surface area contributed by atoms with Crippen molar-refractivity contribution in [3.05, 3.63) is 34.4 Å². The Morgan fingerprint density at radius 1 is 1.16 bits per heavy atom. The van der Waals surface area contributed by atoms with Crippen molar-refractivity contribution in [3.8, 4) is 5.75 Å². The molecule has 0 bridgehead atoms. The molecule has 0 saturated heterocycles. The molecule has 0 aromatic heterocycles. The molecule has 0 aliphatic rings. The minimum atomic E-state index is -0.447. The van der Waals surface area contributed by atoms with Crippen molar-refractivity contribution in [2.24, 2.45) is 0 Å². The zero-order valence-electron chi connectivity index (χ0n) is 10.6. The summed E-state index contributed by atoms with van der Waals surface area (Å²) < 4.78 is 10.5. The lowest BCUT2D eigenvalue weighted by Crippen LogP contribution is -2.25. The Kier molecular flexibility index (Phi) is 7.48. The molecule has 0 aliphatic heterocycles. The third-order valence-electron chi connectivity index (χ3n) is 2.25. The third kappa shape index (κ3) is 6.70. The van der Waals surface area contributed by atoms with Crippen LogP contribution in [0.3, 0.4) is 0 Å². The van der Waals surface area contributed by atoms with E-state index in [1.807, 2.05) is 0 Å². The maximum absolute atomic E-state index is 10.4. The monoisotopic (exact) mass is 270 g/mol. The van der Waals surface area contributed by atoms with E-state index in [0.717, 1.165) is 0 Å². The molecule has 0 unspecified atom stereocenters. The van der Waals surface area contributed by atoms with Crippen molar-refractivity contribution in [2.75, 3.05) is 39.5 Å². The van der Waals surface area contributed by atoms with Crippen molar-refractivity contribution in [3.63, 3.8) is 0 Å². The van der Waals surface area contributed by atoms with Gasteiger partial charge in [0.25, 0.3) is 5.69 Å². The van der Waals surface area contributed by atoms with Crippen LogP contribution < -0.4 is 10.1 Å². The second-order valence-corrected chi connectivity index (χ2v) is 3.69. The fraction of sp³-hybridized carbons (Fsp3) is 0.500. The van der Waals surface area contributed by atoms with Crippen molar-refractivity contribution in [2.45, 2.75) is 0 Å². The summed E-state index contributed by atoms with van der Waals surface area (Å²) in [6.07, 6.45) is 0. The molecule has 7 heteroatoms. The first kappa shape index (κ1) is 15.4. The average molecular weight is 270 g/mol. The number of nitrogens with one attached hydrogen (secondary N) is 1. The van der Waals surface area contributed by atoms with Crippen LogP contribution in [-0.4, -0.2) is 49.5 Å². The van der Waals surface area contributed by atoms with Gasteiger partial charge in [-0.1, -0.05) is 0 Å². The second-order valence-electron chi connectivity index (χ2n) is 3.69. The lowest BCUT2D eigenvalue weighted by Gasteiger charge is -2.07. The number of hydrogen-bond acceptors (Lipinski definition) is 6. The van der Waals surface area contributed by atoms with E-state index in [-0.39, 0.29) is 12.3 Å². The Bertz CT molecular complexity index is 369. The Labute approximate surface area is 111 Å². The molecule has 1 aromatic carbocycles. The maximum atomic E-state index is 10.4. The van der Waals surface area contributed by atoms with Crippen molar-refractivity contribution >= 4 is 5.69 Å². The van der Waals surface area contributed by atoms with Gasteiger partial charge in [0, 0.05) is 25.2 Å². The number of rotatable bonds is 10. The van der Waals surface area contributed by atoms with Gasteiger partial charge in [-0.3, -0.25) is 10.1 Å². The van der Waals surface area contributed by atoms with E-state index in [0.29, 0.717) is 38.7 Å². The Morgan fingerprint density at radius 2 is 1.84 bits per heavy atom. The molecule has 0 spiro atoms. The summed E-state index contributed by atoms with van der Waals surface area (Å²) in [4.78, 5) is 10.0. The van der Waals surface area contributed by atoms with Crippen molar-refractivity contribution < 1.29 is 19.5 Å². The quantitative estimate of drug-likeness (QED) is 0.367. The number of benzene rings is 1. The average Bonchev–Trinajstić information content (AvgIpc) is 2.42. The fourth-order valence-electron chi connectivity index (χ4n) is 1.34. The SMILES string of the molecule is O=[N+]([O-])c1ccc(OCCNCCOCCO)cc1. The van der Waals surface area contributed by atoms with Crippen LogP contribution in [0.1, 0.15) is 0 Å². The molecule has 0 heterocycles. The summed E-state index contributed by atoms with van der Waals surface area (Å²) in [5, 5.41) is 22.0. The van der Waals surface area contributed by atoms with E-state index in [9.17, 15) is 10.1 Å². The van der Waals surface area contributed by atoms with E-state index in [2.05, 4.69) is 5.32 Å². The number of aliphatic hydroxyl groups excluding tert-OH is 1. The van der Waals surface area contributed by atoms with Crippen LogP contribution in [0.5, 0.6) is 5.75 Å². The van der Waals surface area contributed by atoms with E-state index >= 15 is 0 Å². The molecule has 0 amide bonds. The highest BCUT2D eigenvalue weighted by Gasteiger charge is 2.03. The van der Waals surface area contributed by atoms with E-state index in [4.69, 9.17) is 14.6 Å². The summed E-state index contributed by atoms with van der Waals surface area (Å²) in [6, 6.07) is 5.96. The molecule has 0 aliphatic carbocycles. The molecule has 19 heavy (non-hydrogen) atoms. The summed E-state index contributed by atoms with van der Waals surface area (Å²) in [6.45, 7) is 2.73. The van der Waals surface area contributed by atoms with Gasteiger partial charge in [-0.05, 0) is 12.1 Å². The van der Waals surface area contributed by atoms with Crippen molar-refractivity contribution in [1.82, 2.24) is 5.32 Å². The first-order valence-electron chi connectivity index (χ1n) is 6.00. The lowest BCUT2D eigenvalue weighted by molar-refractivity contribution is -0.384. The first-order valence-corrected chi connectivity index (χ1v) is 6.00. The topological polar surface area (TPSA) is 93.9 Å². The maximum Gasteiger partial charge on any atom is 0.269 e. The van der Waals surface area contributed by atoms with Gasteiger partial charge in [-0.15, -0.1) is 0 Å². The van der Waals surface area contributed by atoms with E-state index < -0.39 is 4.92 Å². The normalized spacial score (nSPS) is 10.4. The highest BCUT2D eigenvalue weighted by atomic mass is 16.6. The van der Waals surface area contributed by atoms with Gasteiger partial charge in [0.2, 0.25) is 0 Å². The lowest BCUT2D eigenvalue weighted by atomic mass is 10.3. The van der Waals surface area contributed by atoms with Crippen LogP contribution in [0.15, 0.2) is 24.3 Å². The number of non-ortho nitro benzene ring substituents is 1. The van der Waals surface area contributed by atoms with Crippen LogP contribution in [0.4, 0.5) is 5.69 Å². The number of ether oxygens (including phenoxy) is 2. The van der Waals surface area contributed by atoms with Gasteiger partial charge in [-0.25, -0.2) is 0 Å². The largest absolute Gasteiger partial charge is 0.492 e. The van der Waals surface area contributed by atoms with Gasteiger partial charge in [0.05, 0.1) is 24.7 Å². The van der Waals surface area contributed by atoms with Gasteiger partial charge < -0.3 is 19.9 Å². The number of nitrogens with zero attached hydrogens (tertiary/aromatic N) is 1. The Morgan fingerprint density at radius 3 is 2.47 bits per heavy atom. The molecule has 1 rings (SSSR count). The minimum Gasteiger partial charge on any atom is -0.492 e. The highest BCUT2D eigenvalue weighted by Crippen LogP contribution is 2.16. The molecule has 7 nitrogen and oxygen atoms in total. The number of hydrogen-bond donors (Lipinski definition) is 2. The fourth-order valence-corrected chi connectivity index (χ4v) is 1.34. The van der Waals surface area contributed by atoms with Gasteiger partial charge in [-0.2, -0.15) is 0 Å². The van der Waals surface area contributed by atoms with Crippen LogP contribution in [0.2, 0.25) is 0 Å². The highest BCUT2D eigenvalue weighted by molar-refractivity contribution is 5.35. The molecule has 0 atom stereocenters. The summed E-state index contributed by atoms with van der Waals surface area (Å²) in [7, 11) is 0. The second kappa shape index (κ2) is 9.26. The van der Waals surface area contributed by atoms with E-state index in [1.165, 1.54) is 12.1 Å². The molecule has 0 saturated carbocycles. The predicted molar refractivity (Wildman–Crippen MR) is 69.4 cm³/mol. The standard InChI is InChI=1S/C12H18N2O5/c15-7-10-18-8-5-13-6-9-19-12-3-1-11(2-4-12)14(16)17/h1-4,13,15H,5-10H2. The molecule has 1 aromatic rings. The van der Waals surface area contributed by atoms with Crippen LogP contribution in [-0.2, 0) is 4.74 Å². The van der Waals surface area contributed by atoms with Crippen molar-refractivity contribution in [1.29, 1.82) is 0 Å². The molecule has 2 N–H and O–H groups in total. The van der Waals surface area contributed by atoms with Crippen LogP contribution in [0.25, 0.3) is 0 Å². The zero-order valence-corrected chi connectivity index (χ0v) is 10.6. The molecule has 106 valence electrons. The summed E-state index contributed by atoms with van der Waals surface area (Å²) in [5.74, 6) is 0.601. The van der Waals surface area contributed by atoms with Gasteiger partial charge in [0.15, 0.2) is 0 Å². The van der Waals surface area contributed by atoms with Crippen LogP contribution >= 0.6 is 0 Å². The van der Waals surface area contributed by atoms with Crippen LogP contribution in [0, 0.1) is 10.1 Å². The smallest absolute Gasteiger partial charge is 0.269 e. The van der Waals surface area contributed by atoms with E-state index in [1.54, 1.807) is 12.1 Å². The number of aliphatic hydroxyl groups is 1. The molecule has 0 radical (unpaired) electrons. The first-order chi connectivity index (χ1) is 9.24. The Hall–Kier alpha value is -1.70. The minimum absolute atomic E-state index is 0.0310. The predicted octanol–water partition coefficient (Wildman–Crippen LogP) is 0.572.